The van der Waals surface area contributed by atoms with Gasteiger partial charge < -0.3 is 15.1 Å². The lowest BCUT2D eigenvalue weighted by molar-refractivity contribution is -0.384. The molecule has 0 aromatic carbocycles. The van der Waals surface area contributed by atoms with Crippen molar-refractivity contribution in [1.29, 1.82) is 0 Å². The summed E-state index contributed by atoms with van der Waals surface area (Å²) in [6, 6.07) is 0. The van der Waals surface area contributed by atoms with Gasteiger partial charge >= 0.3 is 5.69 Å². The number of rotatable bonds is 5. The maximum Gasteiger partial charge on any atom is 0.329 e. The average Bonchev–Trinajstić information content (AvgIpc) is 2.75. The van der Waals surface area contributed by atoms with Crippen LogP contribution in [0, 0.1) is 24.0 Å². The summed E-state index contributed by atoms with van der Waals surface area (Å²) in [6.45, 7) is 3.84. The van der Waals surface area contributed by atoms with E-state index in [2.05, 4.69) is 25.6 Å². The van der Waals surface area contributed by atoms with Crippen LogP contribution in [0.4, 0.5) is 17.5 Å². The SMILES string of the molecule is CNc1ncc([N+](=O)[O-])c(NCc2nc(C)c(C)o2)n1. The van der Waals surface area contributed by atoms with Crippen molar-refractivity contribution >= 4 is 17.5 Å². The van der Waals surface area contributed by atoms with E-state index in [0.717, 1.165) is 17.7 Å². The van der Waals surface area contributed by atoms with Crippen LogP contribution in [0.1, 0.15) is 17.3 Å². The normalized spacial score (nSPS) is 10.3. The van der Waals surface area contributed by atoms with Crippen LogP contribution in [0.15, 0.2) is 10.6 Å². The highest BCUT2D eigenvalue weighted by Gasteiger charge is 2.17. The Morgan fingerprint density at radius 2 is 2.15 bits per heavy atom. The molecule has 0 unspecified atom stereocenters. The number of nitro groups is 1. The number of oxazole rings is 1. The van der Waals surface area contributed by atoms with Crippen LogP contribution in [0.25, 0.3) is 0 Å². The van der Waals surface area contributed by atoms with Crippen molar-refractivity contribution in [2.75, 3.05) is 17.7 Å². The van der Waals surface area contributed by atoms with Gasteiger partial charge in [-0.25, -0.2) is 9.97 Å². The van der Waals surface area contributed by atoms with Crippen LogP contribution in [0.2, 0.25) is 0 Å². The zero-order chi connectivity index (χ0) is 14.7. The number of hydrogen-bond donors (Lipinski definition) is 2. The van der Waals surface area contributed by atoms with E-state index >= 15 is 0 Å². The Balaban J connectivity index is 2.20. The van der Waals surface area contributed by atoms with Gasteiger partial charge in [-0.15, -0.1) is 0 Å². The smallest absolute Gasteiger partial charge is 0.329 e. The third-order valence-corrected chi connectivity index (χ3v) is 2.67. The Morgan fingerprint density at radius 3 is 2.70 bits per heavy atom. The zero-order valence-electron chi connectivity index (χ0n) is 11.3. The zero-order valence-corrected chi connectivity index (χ0v) is 11.3. The van der Waals surface area contributed by atoms with Crippen molar-refractivity contribution in [2.45, 2.75) is 20.4 Å². The lowest BCUT2D eigenvalue weighted by Crippen LogP contribution is -2.07. The fourth-order valence-electron chi connectivity index (χ4n) is 1.53. The van der Waals surface area contributed by atoms with Crippen LogP contribution in [0.5, 0.6) is 0 Å². The Hall–Kier alpha value is -2.71. The van der Waals surface area contributed by atoms with Crippen LogP contribution < -0.4 is 10.6 Å². The highest BCUT2D eigenvalue weighted by molar-refractivity contribution is 5.56. The van der Waals surface area contributed by atoms with Gasteiger partial charge in [0.05, 0.1) is 17.2 Å². The van der Waals surface area contributed by atoms with Crippen molar-refractivity contribution in [3.8, 4) is 0 Å². The average molecular weight is 278 g/mol. The van der Waals surface area contributed by atoms with Crippen molar-refractivity contribution in [1.82, 2.24) is 15.0 Å². The van der Waals surface area contributed by atoms with Gasteiger partial charge in [-0.05, 0) is 13.8 Å². The number of nitrogens with one attached hydrogen (secondary N) is 2. The van der Waals surface area contributed by atoms with Crippen LogP contribution in [-0.4, -0.2) is 26.9 Å². The molecule has 2 aromatic rings. The summed E-state index contributed by atoms with van der Waals surface area (Å²) < 4.78 is 5.39. The van der Waals surface area contributed by atoms with E-state index in [1.54, 1.807) is 14.0 Å². The van der Waals surface area contributed by atoms with Gasteiger partial charge in [-0.3, -0.25) is 10.1 Å². The molecule has 0 spiro atoms. The third-order valence-electron chi connectivity index (χ3n) is 2.67. The Bertz CT molecular complexity index is 620. The molecular weight excluding hydrogens is 264 g/mol. The van der Waals surface area contributed by atoms with Gasteiger partial charge in [0, 0.05) is 7.05 Å². The first-order valence-corrected chi connectivity index (χ1v) is 5.87. The molecule has 0 fully saturated rings. The lowest BCUT2D eigenvalue weighted by atomic mass is 10.4. The second-order valence-corrected chi connectivity index (χ2v) is 4.04. The molecule has 0 aliphatic heterocycles. The first-order chi connectivity index (χ1) is 9.51. The maximum absolute atomic E-state index is 10.9. The predicted molar refractivity (Wildman–Crippen MR) is 71.5 cm³/mol. The predicted octanol–water partition coefficient (Wildman–Crippen LogP) is 1.64. The van der Waals surface area contributed by atoms with Gasteiger partial charge in [0.15, 0.2) is 0 Å². The highest BCUT2D eigenvalue weighted by atomic mass is 16.6. The monoisotopic (exact) mass is 278 g/mol. The minimum Gasteiger partial charge on any atom is -0.444 e. The topological polar surface area (TPSA) is 119 Å². The Kier molecular flexibility index (Phi) is 3.78. The second kappa shape index (κ2) is 5.51. The van der Waals surface area contributed by atoms with Gasteiger partial charge in [-0.1, -0.05) is 0 Å². The quantitative estimate of drug-likeness (QED) is 0.625. The van der Waals surface area contributed by atoms with Gasteiger partial charge in [0.25, 0.3) is 0 Å². The van der Waals surface area contributed by atoms with Crippen LogP contribution in [0.3, 0.4) is 0 Å². The van der Waals surface area contributed by atoms with Crippen molar-refractivity contribution in [2.24, 2.45) is 0 Å². The molecule has 9 nitrogen and oxygen atoms in total. The first kappa shape index (κ1) is 13.7. The molecule has 0 saturated heterocycles. The number of aryl methyl sites for hydroxylation is 2. The summed E-state index contributed by atoms with van der Waals surface area (Å²) >= 11 is 0. The van der Waals surface area contributed by atoms with E-state index in [1.807, 2.05) is 6.92 Å². The standard InChI is InChI=1S/C11H14N6O3/c1-6-7(2)20-9(15-6)5-13-10-8(17(18)19)4-14-11(12-3)16-10/h4H,5H2,1-3H3,(H2,12,13,14,16). The van der Waals surface area contributed by atoms with E-state index in [9.17, 15) is 10.1 Å². The molecule has 2 aromatic heterocycles. The summed E-state index contributed by atoms with van der Waals surface area (Å²) in [5.41, 5.74) is 0.582. The Morgan fingerprint density at radius 1 is 1.40 bits per heavy atom. The van der Waals surface area contributed by atoms with Crippen molar-refractivity contribution < 1.29 is 9.34 Å². The number of aromatic nitrogens is 3. The van der Waals surface area contributed by atoms with Crippen molar-refractivity contribution in [3.63, 3.8) is 0 Å². The fourth-order valence-corrected chi connectivity index (χ4v) is 1.53. The molecule has 0 aliphatic rings. The molecule has 0 aliphatic carbocycles. The molecule has 0 atom stereocenters. The van der Waals surface area contributed by atoms with E-state index in [4.69, 9.17) is 4.42 Å². The summed E-state index contributed by atoms with van der Waals surface area (Å²) in [7, 11) is 1.63. The van der Waals surface area contributed by atoms with E-state index in [0.29, 0.717) is 5.89 Å². The number of hydrogen-bond acceptors (Lipinski definition) is 8. The van der Waals surface area contributed by atoms with E-state index in [1.165, 1.54) is 0 Å². The number of anilines is 2. The molecular formula is C11H14N6O3. The number of nitrogens with zero attached hydrogens (tertiary/aromatic N) is 4. The summed E-state index contributed by atoms with van der Waals surface area (Å²) in [5.74, 6) is 1.56. The van der Waals surface area contributed by atoms with E-state index < -0.39 is 4.92 Å². The fraction of sp³-hybridized carbons (Fsp3) is 0.364. The molecule has 2 heterocycles. The Labute approximate surface area is 114 Å². The maximum atomic E-state index is 10.9. The minimum atomic E-state index is -0.548. The highest BCUT2D eigenvalue weighted by Crippen LogP contribution is 2.22. The van der Waals surface area contributed by atoms with Crippen LogP contribution >= 0.6 is 0 Å². The molecule has 9 heteroatoms. The van der Waals surface area contributed by atoms with Crippen molar-refractivity contribution in [3.05, 3.63) is 33.7 Å². The van der Waals surface area contributed by atoms with Gasteiger partial charge in [0.2, 0.25) is 17.7 Å². The molecule has 0 bridgehead atoms. The van der Waals surface area contributed by atoms with Gasteiger partial charge in [-0.2, -0.15) is 4.98 Å². The molecule has 20 heavy (non-hydrogen) atoms. The molecule has 2 rings (SSSR count). The molecule has 106 valence electrons. The molecule has 2 N–H and O–H groups in total. The minimum absolute atomic E-state index is 0.114. The summed E-state index contributed by atoms with van der Waals surface area (Å²) in [4.78, 5) is 22.4. The second-order valence-electron chi connectivity index (χ2n) is 4.04. The lowest BCUT2D eigenvalue weighted by Gasteiger charge is -2.05. The molecule has 0 saturated carbocycles. The first-order valence-electron chi connectivity index (χ1n) is 5.87. The van der Waals surface area contributed by atoms with Gasteiger partial charge in [0.1, 0.15) is 12.0 Å². The molecule has 0 radical (unpaired) electrons. The molecule has 0 amide bonds. The largest absolute Gasteiger partial charge is 0.444 e. The van der Waals surface area contributed by atoms with Crippen LogP contribution in [-0.2, 0) is 6.54 Å². The summed E-state index contributed by atoms with van der Waals surface area (Å²) in [5, 5.41) is 16.5. The third kappa shape index (κ3) is 2.82. The summed E-state index contributed by atoms with van der Waals surface area (Å²) in [6.07, 6.45) is 1.15. The van der Waals surface area contributed by atoms with E-state index in [-0.39, 0.29) is 24.0 Å².